The Morgan fingerprint density at radius 1 is 1.56 bits per heavy atom. The molecule has 18 heavy (non-hydrogen) atoms. The molecule has 0 radical (unpaired) electrons. The zero-order chi connectivity index (χ0) is 13.6. The first-order valence-corrected chi connectivity index (χ1v) is 5.07. The highest BCUT2D eigenvalue weighted by Crippen LogP contribution is 2.43. The molecule has 2 amide bonds. The van der Waals surface area contributed by atoms with Gasteiger partial charge in [-0.2, -0.15) is 18.3 Å². The fraction of sp³-hybridized carbons (Fsp3) is 0.556. The zero-order valence-corrected chi connectivity index (χ0v) is 9.02. The molecule has 2 N–H and O–H groups in total. The minimum absolute atomic E-state index is 0.0463. The fourth-order valence-corrected chi connectivity index (χ4v) is 2.02. The standard InChI is InChI=1S/C9H9F3N4O2/c10-9(11,12)8(2-3-14-15-8)16-4-1-5(6(13)17)7(16)18/h2-3,5H,1,4H2,(H2,13,17). The number of azo groups is 1. The maximum absolute atomic E-state index is 13.1. The number of alkyl halides is 3. The number of nitrogens with zero attached hydrogens (tertiary/aromatic N) is 3. The van der Waals surface area contributed by atoms with Gasteiger partial charge in [0.25, 0.3) is 5.66 Å². The molecule has 0 saturated carbocycles. The average Bonchev–Trinajstić information content (AvgIpc) is 2.82. The summed E-state index contributed by atoms with van der Waals surface area (Å²) in [6.45, 7) is -0.241. The van der Waals surface area contributed by atoms with E-state index < -0.39 is 29.6 Å². The lowest BCUT2D eigenvalue weighted by Gasteiger charge is -2.34. The van der Waals surface area contributed by atoms with Gasteiger partial charge >= 0.3 is 6.18 Å². The van der Waals surface area contributed by atoms with Crippen LogP contribution in [0.2, 0.25) is 0 Å². The molecule has 2 rings (SSSR count). The van der Waals surface area contributed by atoms with Crippen molar-refractivity contribution in [1.29, 1.82) is 0 Å². The minimum Gasteiger partial charge on any atom is -0.369 e. The molecule has 1 saturated heterocycles. The number of rotatable bonds is 2. The van der Waals surface area contributed by atoms with Gasteiger partial charge in [0.2, 0.25) is 11.8 Å². The lowest BCUT2D eigenvalue weighted by molar-refractivity contribution is -0.211. The summed E-state index contributed by atoms with van der Waals surface area (Å²) in [6.07, 6.45) is -3.28. The number of amides is 2. The Morgan fingerprint density at radius 2 is 2.22 bits per heavy atom. The molecule has 2 aliphatic rings. The van der Waals surface area contributed by atoms with Crippen LogP contribution in [0, 0.1) is 5.92 Å². The van der Waals surface area contributed by atoms with Crippen molar-refractivity contribution in [2.75, 3.05) is 6.54 Å². The Bertz CT molecular complexity index is 445. The number of carbonyl (C=O) groups excluding carboxylic acids is 2. The van der Waals surface area contributed by atoms with E-state index in [1.807, 2.05) is 0 Å². The van der Waals surface area contributed by atoms with Crippen molar-refractivity contribution in [3.05, 3.63) is 12.3 Å². The van der Waals surface area contributed by atoms with E-state index in [2.05, 4.69) is 10.2 Å². The van der Waals surface area contributed by atoms with E-state index in [4.69, 9.17) is 5.73 Å². The highest BCUT2D eigenvalue weighted by Gasteiger charge is 2.63. The van der Waals surface area contributed by atoms with Gasteiger partial charge in [0, 0.05) is 12.7 Å². The van der Waals surface area contributed by atoms with Crippen LogP contribution in [0.15, 0.2) is 22.5 Å². The number of likely N-dealkylation sites (tertiary alicyclic amines) is 1. The molecule has 0 aromatic carbocycles. The van der Waals surface area contributed by atoms with Gasteiger partial charge in [-0.25, -0.2) is 0 Å². The van der Waals surface area contributed by atoms with Crippen molar-refractivity contribution in [2.45, 2.75) is 18.3 Å². The number of halogens is 3. The van der Waals surface area contributed by atoms with Crippen molar-refractivity contribution < 1.29 is 22.8 Å². The summed E-state index contributed by atoms with van der Waals surface area (Å²) in [7, 11) is 0. The first-order valence-electron chi connectivity index (χ1n) is 5.07. The van der Waals surface area contributed by atoms with E-state index in [0.29, 0.717) is 11.0 Å². The molecule has 2 heterocycles. The maximum atomic E-state index is 13.1. The molecule has 0 spiro atoms. The van der Waals surface area contributed by atoms with Gasteiger partial charge in [-0.1, -0.05) is 0 Å². The predicted molar refractivity (Wildman–Crippen MR) is 51.8 cm³/mol. The first kappa shape index (κ1) is 12.5. The molecule has 2 aliphatic heterocycles. The molecular weight excluding hydrogens is 253 g/mol. The van der Waals surface area contributed by atoms with Gasteiger partial charge in [0.05, 0.1) is 0 Å². The van der Waals surface area contributed by atoms with Crippen molar-refractivity contribution in [3.63, 3.8) is 0 Å². The third-order valence-corrected chi connectivity index (χ3v) is 2.96. The summed E-state index contributed by atoms with van der Waals surface area (Å²) in [5.74, 6) is -3.13. The summed E-state index contributed by atoms with van der Waals surface area (Å²) in [6, 6.07) is 0. The van der Waals surface area contributed by atoms with Crippen molar-refractivity contribution in [1.82, 2.24) is 4.90 Å². The molecule has 2 unspecified atom stereocenters. The smallest absolute Gasteiger partial charge is 0.369 e. The van der Waals surface area contributed by atoms with E-state index in [-0.39, 0.29) is 13.0 Å². The van der Waals surface area contributed by atoms with Crippen LogP contribution < -0.4 is 5.73 Å². The summed E-state index contributed by atoms with van der Waals surface area (Å²) in [5.41, 5.74) is 2.16. The van der Waals surface area contributed by atoms with Gasteiger partial charge in [-0.05, 0) is 12.5 Å². The largest absolute Gasteiger partial charge is 0.438 e. The zero-order valence-electron chi connectivity index (χ0n) is 9.02. The second kappa shape index (κ2) is 3.79. The summed E-state index contributed by atoms with van der Waals surface area (Å²) in [5, 5.41) is 6.27. The molecule has 1 fully saturated rings. The monoisotopic (exact) mass is 262 g/mol. The molecule has 0 aromatic rings. The van der Waals surface area contributed by atoms with Crippen LogP contribution in [0.25, 0.3) is 0 Å². The molecule has 9 heteroatoms. The van der Waals surface area contributed by atoms with Gasteiger partial charge in [-0.15, -0.1) is 5.11 Å². The number of hydrogen-bond donors (Lipinski definition) is 1. The second-order valence-corrected chi connectivity index (χ2v) is 3.99. The maximum Gasteiger partial charge on any atom is 0.438 e. The Labute approximate surface area is 99.3 Å². The first-order chi connectivity index (χ1) is 8.29. The van der Waals surface area contributed by atoms with E-state index in [1.165, 1.54) is 0 Å². The topological polar surface area (TPSA) is 88.1 Å². The molecule has 6 nitrogen and oxygen atoms in total. The van der Waals surface area contributed by atoms with E-state index >= 15 is 0 Å². The van der Waals surface area contributed by atoms with Crippen LogP contribution in [-0.4, -0.2) is 35.1 Å². The highest BCUT2D eigenvalue weighted by atomic mass is 19.4. The average molecular weight is 262 g/mol. The van der Waals surface area contributed by atoms with E-state index in [1.54, 1.807) is 0 Å². The van der Waals surface area contributed by atoms with Crippen molar-refractivity contribution in [2.24, 2.45) is 21.9 Å². The van der Waals surface area contributed by atoms with E-state index in [9.17, 15) is 22.8 Å². The SMILES string of the molecule is NC(=O)C1CCN(C2(C(F)(F)F)C=CN=N2)C1=O. The third-order valence-electron chi connectivity index (χ3n) is 2.96. The Kier molecular flexibility index (Phi) is 2.63. The minimum atomic E-state index is -4.80. The fourth-order valence-electron chi connectivity index (χ4n) is 2.02. The quantitative estimate of drug-likeness (QED) is 0.737. The number of nitrogens with two attached hydrogens (primary N) is 1. The van der Waals surface area contributed by atoms with Crippen LogP contribution in [0.5, 0.6) is 0 Å². The van der Waals surface area contributed by atoms with E-state index in [0.717, 1.165) is 6.20 Å². The van der Waals surface area contributed by atoms with Crippen LogP contribution in [0.4, 0.5) is 13.2 Å². The molecule has 2 atom stereocenters. The predicted octanol–water partition coefficient (Wildman–Crippen LogP) is 0.558. The van der Waals surface area contributed by atoms with Crippen LogP contribution in [0.1, 0.15) is 6.42 Å². The lowest BCUT2D eigenvalue weighted by Crippen LogP contribution is -2.56. The van der Waals surface area contributed by atoms with Crippen molar-refractivity contribution in [3.8, 4) is 0 Å². The van der Waals surface area contributed by atoms with Crippen LogP contribution >= 0.6 is 0 Å². The highest BCUT2D eigenvalue weighted by molar-refractivity contribution is 6.01. The number of hydrogen-bond acceptors (Lipinski definition) is 4. The van der Waals surface area contributed by atoms with Gasteiger partial charge in [0.1, 0.15) is 5.92 Å². The summed E-state index contributed by atoms with van der Waals surface area (Å²) < 4.78 is 39.2. The lowest BCUT2D eigenvalue weighted by atomic mass is 10.1. The Balaban J connectivity index is 2.37. The second-order valence-electron chi connectivity index (χ2n) is 3.99. The molecule has 0 bridgehead atoms. The number of primary amides is 1. The van der Waals surface area contributed by atoms with Gasteiger partial charge in [-0.3, -0.25) is 9.59 Å². The molecule has 98 valence electrons. The van der Waals surface area contributed by atoms with Crippen LogP contribution in [-0.2, 0) is 9.59 Å². The van der Waals surface area contributed by atoms with Gasteiger partial charge in [0.15, 0.2) is 0 Å². The Hall–Kier alpha value is -1.93. The molecular formula is C9H9F3N4O2. The van der Waals surface area contributed by atoms with Crippen LogP contribution in [0.3, 0.4) is 0 Å². The normalized spacial score (nSPS) is 31.4. The molecule has 0 aromatic heterocycles. The summed E-state index contributed by atoms with van der Waals surface area (Å²) in [4.78, 5) is 23.2. The molecule has 0 aliphatic carbocycles. The Morgan fingerprint density at radius 3 is 2.61 bits per heavy atom. The third kappa shape index (κ3) is 1.57. The summed E-state index contributed by atoms with van der Waals surface area (Å²) >= 11 is 0. The number of carbonyl (C=O) groups is 2. The van der Waals surface area contributed by atoms with Gasteiger partial charge < -0.3 is 10.6 Å². The van der Waals surface area contributed by atoms with Crippen molar-refractivity contribution >= 4 is 11.8 Å².